The Hall–Kier alpha value is -0.490. The molecule has 0 aromatic rings. The Balaban J connectivity index is 3.77. The predicted octanol–water partition coefficient (Wildman–Crippen LogP) is 0.852. The molecule has 0 atom stereocenters. The van der Waals surface area contributed by atoms with Crippen molar-refractivity contribution in [2.75, 3.05) is 6.61 Å². The van der Waals surface area contributed by atoms with Gasteiger partial charge in [-0.15, -0.1) is 0 Å². The molecule has 0 aliphatic carbocycles. The second kappa shape index (κ2) is 4.51. The largest absolute Gasteiger partial charge is 0.449 e. The van der Waals surface area contributed by atoms with Gasteiger partial charge in [0.1, 0.15) is 0 Å². The third-order valence-electron chi connectivity index (χ3n) is 0.753. The molecule has 0 fully saturated rings. The van der Waals surface area contributed by atoms with Crippen LogP contribution in [0, 0.1) is 5.92 Å². The van der Waals surface area contributed by atoms with Crippen LogP contribution in [0.15, 0.2) is 0 Å². The number of amides is 1. The number of ether oxygens (including phenoxy) is 1. The zero-order valence-corrected chi connectivity index (χ0v) is 8.28. The van der Waals surface area contributed by atoms with Crippen molar-refractivity contribution in [3.63, 3.8) is 0 Å². The van der Waals surface area contributed by atoms with Gasteiger partial charge in [0.25, 0.3) is 0 Å². The van der Waals surface area contributed by atoms with E-state index < -0.39 is 15.3 Å². The van der Waals surface area contributed by atoms with E-state index in [1.165, 1.54) is 4.72 Å². The molecule has 1 amide bonds. The number of nitrogens with one attached hydrogen (secondary N) is 1. The molecule has 1 N–H and O–H groups in total. The van der Waals surface area contributed by atoms with Crippen LogP contribution < -0.4 is 4.72 Å². The summed E-state index contributed by atoms with van der Waals surface area (Å²) >= 11 is 0. The minimum atomic E-state index is -4.02. The van der Waals surface area contributed by atoms with Gasteiger partial charge in [-0.3, -0.25) is 0 Å². The first-order chi connectivity index (χ1) is 5.31. The van der Waals surface area contributed by atoms with Gasteiger partial charge in [0.15, 0.2) is 0 Å². The number of rotatable bonds is 3. The second-order valence-electron chi connectivity index (χ2n) is 2.53. The lowest BCUT2D eigenvalue weighted by atomic mass is 10.2. The van der Waals surface area contributed by atoms with Gasteiger partial charge >= 0.3 is 15.3 Å². The Bertz CT molecular complexity index is 248. The summed E-state index contributed by atoms with van der Waals surface area (Å²) in [6, 6.07) is 0. The van der Waals surface area contributed by atoms with Crippen LogP contribution in [0.4, 0.5) is 4.79 Å². The molecule has 0 saturated heterocycles. The van der Waals surface area contributed by atoms with Gasteiger partial charge in [-0.05, 0) is 5.92 Å². The van der Waals surface area contributed by atoms with Crippen molar-refractivity contribution >= 4 is 26.0 Å². The van der Waals surface area contributed by atoms with Crippen LogP contribution in [0.2, 0.25) is 0 Å². The summed E-state index contributed by atoms with van der Waals surface area (Å²) in [4.78, 5) is 10.6. The number of hydrogen-bond acceptors (Lipinski definition) is 4. The topological polar surface area (TPSA) is 72.5 Å². The zero-order chi connectivity index (χ0) is 9.78. The minimum absolute atomic E-state index is 0.147. The van der Waals surface area contributed by atoms with E-state index in [0.29, 0.717) is 0 Å². The molecule has 0 aromatic heterocycles. The third kappa shape index (κ3) is 7.62. The minimum Gasteiger partial charge on any atom is -0.449 e. The van der Waals surface area contributed by atoms with E-state index in [-0.39, 0.29) is 12.5 Å². The van der Waals surface area contributed by atoms with Crippen molar-refractivity contribution < 1.29 is 17.9 Å². The van der Waals surface area contributed by atoms with Crippen LogP contribution in [0.3, 0.4) is 0 Å². The molecule has 0 rings (SSSR count). The standard InChI is InChI=1S/C5H10ClNO4S/c1-4(2)3-11-5(8)7-12(6,9)10/h4H,3H2,1-2H3,(H,7,8). The maximum absolute atomic E-state index is 10.6. The molecule has 5 nitrogen and oxygen atoms in total. The van der Waals surface area contributed by atoms with Crippen LogP contribution in [0.25, 0.3) is 0 Å². The molecule has 0 saturated carbocycles. The summed E-state index contributed by atoms with van der Waals surface area (Å²) in [5, 5.41) is 0. The van der Waals surface area contributed by atoms with Crippen LogP contribution in [-0.2, 0) is 14.0 Å². The van der Waals surface area contributed by atoms with Crippen molar-refractivity contribution in [3.05, 3.63) is 0 Å². The molecule has 0 bridgehead atoms. The summed E-state index contributed by atoms with van der Waals surface area (Å²) in [6.07, 6.45) is -1.06. The fraction of sp³-hybridized carbons (Fsp3) is 0.800. The zero-order valence-electron chi connectivity index (χ0n) is 6.70. The smallest absolute Gasteiger partial charge is 0.421 e. The second-order valence-corrected chi connectivity index (χ2v) is 4.83. The summed E-state index contributed by atoms with van der Waals surface area (Å²) in [6.45, 7) is 3.79. The normalized spacial score (nSPS) is 11.3. The van der Waals surface area contributed by atoms with Gasteiger partial charge in [0.2, 0.25) is 0 Å². The van der Waals surface area contributed by atoms with Crippen LogP contribution in [0.5, 0.6) is 0 Å². The predicted molar refractivity (Wildman–Crippen MR) is 44.1 cm³/mol. The van der Waals surface area contributed by atoms with Crippen molar-refractivity contribution in [2.24, 2.45) is 5.92 Å². The van der Waals surface area contributed by atoms with Gasteiger partial charge in [-0.2, -0.15) is 8.42 Å². The maximum atomic E-state index is 10.6. The molecular weight excluding hydrogens is 206 g/mol. The third-order valence-corrected chi connectivity index (χ3v) is 1.39. The summed E-state index contributed by atoms with van der Waals surface area (Å²) < 4.78 is 26.4. The average molecular weight is 216 g/mol. The van der Waals surface area contributed by atoms with Gasteiger partial charge in [-0.25, -0.2) is 9.52 Å². The highest BCUT2D eigenvalue weighted by molar-refractivity contribution is 8.12. The molecule has 12 heavy (non-hydrogen) atoms. The van der Waals surface area contributed by atoms with E-state index in [4.69, 9.17) is 10.7 Å². The van der Waals surface area contributed by atoms with Crippen molar-refractivity contribution in [3.8, 4) is 0 Å². The Morgan fingerprint density at radius 2 is 2.08 bits per heavy atom. The Kier molecular flexibility index (Phi) is 4.33. The average Bonchev–Trinajstić information content (AvgIpc) is 1.79. The molecular formula is C5H10ClNO4S. The molecule has 0 aromatic carbocycles. The summed E-state index contributed by atoms with van der Waals surface area (Å²) in [5.41, 5.74) is 0. The fourth-order valence-electron chi connectivity index (χ4n) is 0.371. The van der Waals surface area contributed by atoms with E-state index in [1.54, 1.807) is 0 Å². The van der Waals surface area contributed by atoms with Crippen LogP contribution in [0.1, 0.15) is 13.8 Å². The van der Waals surface area contributed by atoms with E-state index in [9.17, 15) is 13.2 Å². The Morgan fingerprint density at radius 1 is 1.58 bits per heavy atom. The number of hydrogen-bond donors (Lipinski definition) is 1. The first kappa shape index (κ1) is 11.5. The summed E-state index contributed by atoms with van der Waals surface area (Å²) in [7, 11) is 0.680. The quantitative estimate of drug-likeness (QED) is 0.709. The van der Waals surface area contributed by atoms with E-state index >= 15 is 0 Å². The highest BCUT2D eigenvalue weighted by Crippen LogP contribution is 1.95. The van der Waals surface area contributed by atoms with Crippen LogP contribution >= 0.6 is 10.7 Å². The van der Waals surface area contributed by atoms with Gasteiger partial charge in [0.05, 0.1) is 6.61 Å². The maximum Gasteiger partial charge on any atom is 0.421 e. The van der Waals surface area contributed by atoms with Gasteiger partial charge < -0.3 is 4.74 Å². The van der Waals surface area contributed by atoms with E-state index in [0.717, 1.165) is 0 Å². The fourth-order valence-corrected chi connectivity index (χ4v) is 0.818. The molecule has 0 unspecified atom stereocenters. The van der Waals surface area contributed by atoms with E-state index in [2.05, 4.69) is 4.74 Å². The van der Waals surface area contributed by atoms with E-state index in [1.807, 2.05) is 13.8 Å². The molecule has 0 heterocycles. The lowest BCUT2D eigenvalue weighted by Crippen LogP contribution is -2.28. The Morgan fingerprint density at radius 3 is 2.42 bits per heavy atom. The molecule has 0 aliphatic heterocycles. The van der Waals surface area contributed by atoms with Crippen molar-refractivity contribution in [1.29, 1.82) is 0 Å². The molecule has 7 heteroatoms. The monoisotopic (exact) mass is 215 g/mol. The first-order valence-corrected chi connectivity index (χ1v) is 5.51. The lowest BCUT2D eigenvalue weighted by Gasteiger charge is -2.05. The van der Waals surface area contributed by atoms with Gasteiger partial charge in [0, 0.05) is 10.7 Å². The lowest BCUT2D eigenvalue weighted by molar-refractivity contribution is 0.139. The van der Waals surface area contributed by atoms with Crippen LogP contribution in [-0.4, -0.2) is 21.1 Å². The Labute approximate surface area is 75.6 Å². The number of carbonyl (C=O) groups excluding carboxylic acids is 1. The van der Waals surface area contributed by atoms with Crippen molar-refractivity contribution in [1.82, 2.24) is 4.72 Å². The molecule has 0 spiro atoms. The first-order valence-electron chi connectivity index (χ1n) is 3.20. The highest BCUT2D eigenvalue weighted by Gasteiger charge is 2.11. The SMILES string of the molecule is CC(C)COC(=O)NS(=O)(=O)Cl. The number of halogens is 1. The van der Waals surface area contributed by atoms with Gasteiger partial charge in [-0.1, -0.05) is 13.8 Å². The summed E-state index contributed by atoms with van der Waals surface area (Å²) in [5.74, 6) is 0.147. The molecule has 72 valence electrons. The molecule has 0 aliphatic rings. The number of carbonyl (C=O) groups is 1. The highest BCUT2D eigenvalue weighted by atomic mass is 35.7. The van der Waals surface area contributed by atoms with Crippen molar-refractivity contribution in [2.45, 2.75) is 13.8 Å². The molecule has 0 radical (unpaired) electrons.